The minimum absolute atomic E-state index is 0.410. The Balaban J connectivity index is 1.42. The van der Waals surface area contributed by atoms with Gasteiger partial charge in [-0.15, -0.1) is 0 Å². The van der Waals surface area contributed by atoms with Gasteiger partial charge in [-0.25, -0.2) is 0 Å². The topological polar surface area (TPSA) is 15.8 Å². The summed E-state index contributed by atoms with van der Waals surface area (Å²) < 4.78 is 0. The molecule has 0 fully saturated rings. The molecule has 168 valence electrons. The van der Waals surface area contributed by atoms with Gasteiger partial charge in [0, 0.05) is 27.4 Å². The van der Waals surface area contributed by atoms with Crippen molar-refractivity contribution in [3.05, 3.63) is 130 Å². The maximum Gasteiger partial charge on any atom is 0.0465 e. The van der Waals surface area contributed by atoms with Crippen LogP contribution in [-0.4, -0.2) is 4.98 Å². The molecule has 1 unspecified atom stereocenters. The first-order valence-corrected chi connectivity index (χ1v) is 12.6. The van der Waals surface area contributed by atoms with Gasteiger partial charge in [-0.3, -0.25) is 0 Å². The Hall–Kier alpha value is -4.10. The zero-order valence-electron chi connectivity index (χ0n) is 19.7. The molecule has 0 bridgehead atoms. The number of hydrogen-bond donors (Lipinski definition) is 1. The van der Waals surface area contributed by atoms with Gasteiger partial charge in [0.05, 0.1) is 0 Å². The summed E-state index contributed by atoms with van der Waals surface area (Å²) in [6.07, 6.45) is 12.1. The van der Waals surface area contributed by atoms with E-state index in [1.54, 1.807) is 0 Å². The highest BCUT2D eigenvalue weighted by Gasteiger charge is 2.24. The van der Waals surface area contributed by atoms with E-state index in [0.717, 1.165) is 19.3 Å². The third-order valence-corrected chi connectivity index (χ3v) is 7.70. The van der Waals surface area contributed by atoms with Crippen LogP contribution in [0.2, 0.25) is 0 Å². The fraction of sp³-hybridized carbons (Fsp3) is 0.118. The monoisotopic (exact) mass is 449 g/mol. The van der Waals surface area contributed by atoms with Crippen molar-refractivity contribution in [1.82, 2.24) is 4.98 Å². The van der Waals surface area contributed by atoms with E-state index in [-0.39, 0.29) is 0 Å². The van der Waals surface area contributed by atoms with E-state index in [1.807, 2.05) is 0 Å². The number of aromatic amines is 1. The third kappa shape index (κ3) is 3.47. The average molecular weight is 450 g/mol. The Kier molecular flexibility index (Phi) is 4.80. The second-order valence-corrected chi connectivity index (χ2v) is 9.71. The van der Waals surface area contributed by atoms with Crippen molar-refractivity contribution >= 4 is 23.1 Å². The fourth-order valence-corrected chi connectivity index (χ4v) is 5.95. The van der Waals surface area contributed by atoms with E-state index in [4.69, 9.17) is 0 Å². The van der Waals surface area contributed by atoms with Gasteiger partial charge in [0.25, 0.3) is 0 Å². The second-order valence-electron chi connectivity index (χ2n) is 9.71. The van der Waals surface area contributed by atoms with Crippen molar-refractivity contribution in [1.29, 1.82) is 0 Å². The molecule has 4 aromatic carbocycles. The average Bonchev–Trinajstić information content (AvgIpc) is 3.03. The molecular formula is C34H27N. The highest BCUT2D eigenvalue weighted by molar-refractivity contribution is 5.88. The molecular weight excluding hydrogens is 422 g/mol. The molecule has 1 heterocycles. The molecule has 0 saturated heterocycles. The summed E-state index contributed by atoms with van der Waals surface area (Å²) in [6.45, 7) is 0. The molecule has 0 amide bonds. The first-order chi connectivity index (χ1) is 17.3. The molecule has 0 aliphatic heterocycles. The van der Waals surface area contributed by atoms with Crippen LogP contribution in [0.1, 0.15) is 35.4 Å². The zero-order chi connectivity index (χ0) is 23.2. The molecule has 1 heteroatoms. The van der Waals surface area contributed by atoms with Crippen LogP contribution in [0.3, 0.4) is 0 Å². The third-order valence-electron chi connectivity index (χ3n) is 7.70. The van der Waals surface area contributed by atoms with Crippen molar-refractivity contribution in [3.8, 4) is 22.3 Å². The number of H-pyrrole nitrogens is 1. The number of fused-ring (bicyclic) bond motifs is 6. The first-order valence-electron chi connectivity index (χ1n) is 12.6. The van der Waals surface area contributed by atoms with Crippen molar-refractivity contribution in [2.45, 2.75) is 25.2 Å². The lowest BCUT2D eigenvalue weighted by Gasteiger charge is -2.19. The minimum Gasteiger partial charge on any atom is -0.355 e. The number of nitrogens with one attached hydrogen (secondary N) is 1. The Morgan fingerprint density at radius 1 is 0.743 bits per heavy atom. The van der Waals surface area contributed by atoms with Crippen molar-refractivity contribution in [2.24, 2.45) is 0 Å². The Morgan fingerprint density at radius 3 is 2.51 bits per heavy atom. The summed E-state index contributed by atoms with van der Waals surface area (Å²) >= 11 is 0. The number of benzene rings is 4. The Morgan fingerprint density at radius 2 is 1.57 bits per heavy atom. The van der Waals surface area contributed by atoms with E-state index in [2.05, 4.69) is 120 Å². The van der Waals surface area contributed by atoms with E-state index in [1.165, 1.54) is 60.4 Å². The van der Waals surface area contributed by atoms with E-state index in [9.17, 15) is 0 Å². The van der Waals surface area contributed by atoms with E-state index >= 15 is 0 Å². The van der Waals surface area contributed by atoms with Gasteiger partial charge in [0.2, 0.25) is 0 Å². The highest BCUT2D eigenvalue weighted by Crippen LogP contribution is 2.43. The van der Waals surface area contributed by atoms with Crippen molar-refractivity contribution < 1.29 is 0 Å². The summed E-state index contributed by atoms with van der Waals surface area (Å²) in [5, 5.41) is 3.82. The standard InChI is InChI=1S/C34H27N/c1-3-9-23(10-4-1)28-18-15-24-11-7-8-12-27(24)31-21-25(16-19-29(28)31)26-17-20-34-32(22-26)30-13-5-2-6-14-33(30)35-34/h1-4,6-14,16-17,19-22,28,35H,5,15,18H2. The molecule has 0 saturated carbocycles. The molecule has 1 aromatic heterocycles. The lowest BCUT2D eigenvalue weighted by atomic mass is 9.84. The van der Waals surface area contributed by atoms with Gasteiger partial charge >= 0.3 is 0 Å². The fourth-order valence-electron chi connectivity index (χ4n) is 5.95. The Bertz CT molecular complexity index is 1720. The van der Waals surface area contributed by atoms with Crippen LogP contribution < -0.4 is 10.6 Å². The quantitative estimate of drug-likeness (QED) is 0.296. The predicted molar refractivity (Wildman–Crippen MR) is 148 cm³/mol. The van der Waals surface area contributed by atoms with Crippen LogP contribution in [0.15, 0.2) is 103 Å². The van der Waals surface area contributed by atoms with Gasteiger partial charge in [-0.1, -0.05) is 91.0 Å². The normalized spacial score (nSPS) is 16.3. The van der Waals surface area contributed by atoms with Crippen LogP contribution in [0.5, 0.6) is 0 Å². The van der Waals surface area contributed by atoms with Crippen molar-refractivity contribution in [2.75, 3.05) is 0 Å². The van der Waals surface area contributed by atoms with Gasteiger partial charge in [0.15, 0.2) is 0 Å². The largest absolute Gasteiger partial charge is 0.355 e. The molecule has 0 radical (unpaired) electrons. The molecule has 0 spiro atoms. The van der Waals surface area contributed by atoms with Crippen LogP contribution in [0, 0.1) is 0 Å². The molecule has 1 atom stereocenters. The van der Waals surface area contributed by atoms with Gasteiger partial charge in [-0.2, -0.15) is 0 Å². The van der Waals surface area contributed by atoms with Gasteiger partial charge in [0.1, 0.15) is 0 Å². The summed E-state index contributed by atoms with van der Waals surface area (Å²) in [5.74, 6) is 0.410. The minimum atomic E-state index is 0.410. The number of allylic oxidation sites excluding steroid dienone is 2. The van der Waals surface area contributed by atoms with Crippen LogP contribution in [0.4, 0.5) is 0 Å². The van der Waals surface area contributed by atoms with Crippen molar-refractivity contribution in [3.63, 3.8) is 0 Å². The number of rotatable bonds is 2. The SMILES string of the molecule is C1=CCC=c2c([nH]c3ccc(-c4ccc5c(c4)-c4ccccc4CCC5c4ccccc4)cc23)=C1. The molecule has 2 aliphatic carbocycles. The lowest BCUT2D eigenvalue weighted by Crippen LogP contribution is -2.21. The van der Waals surface area contributed by atoms with Crippen LogP contribution in [0.25, 0.3) is 45.3 Å². The van der Waals surface area contributed by atoms with Crippen LogP contribution in [-0.2, 0) is 6.42 Å². The smallest absolute Gasteiger partial charge is 0.0465 e. The zero-order valence-corrected chi connectivity index (χ0v) is 19.7. The maximum atomic E-state index is 3.59. The summed E-state index contributed by atoms with van der Waals surface area (Å²) in [5.41, 5.74) is 10.8. The van der Waals surface area contributed by atoms with E-state index in [0.29, 0.717) is 5.92 Å². The second kappa shape index (κ2) is 8.29. The van der Waals surface area contributed by atoms with Gasteiger partial charge < -0.3 is 4.98 Å². The summed E-state index contributed by atoms with van der Waals surface area (Å²) in [4.78, 5) is 3.59. The van der Waals surface area contributed by atoms with Gasteiger partial charge in [-0.05, 0) is 82.5 Å². The predicted octanol–water partition coefficient (Wildman–Crippen LogP) is 7.10. The molecule has 35 heavy (non-hydrogen) atoms. The number of hydrogen-bond acceptors (Lipinski definition) is 0. The summed E-state index contributed by atoms with van der Waals surface area (Å²) in [6, 6.07) is 34.0. The first kappa shape index (κ1) is 20.3. The molecule has 7 rings (SSSR count). The number of aromatic nitrogens is 1. The number of aryl methyl sites for hydroxylation is 1. The van der Waals surface area contributed by atoms with E-state index < -0.39 is 0 Å². The highest BCUT2D eigenvalue weighted by atomic mass is 14.7. The summed E-state index contributed by atoms with van der Waals surface area (Å²) in [7, 11) is 0. The Labute approximate surface area is 205 Å². The molecule has 1 nitrogen and oxygen atoms in total. The maximum absolute atomic E-state index is 3.59. The van der Waals surface area contributed by atoms with Crippen LogP contribution >= 0.6 is 0 Å². The molecule has 1 N–H and O–H groups in total. The molecule has 5 aromatic rings. The lowest BCUT2D eigenvalue weighted by molar-refractivity contribution is 0.726. The molecule has 2 aliphatic rings.